The van der Waals surface area contributed by atoms with Crippen LogP contribution in [0.4, 0.5) is 15.7 Å². The number of hydrogen-bond donors (Lipinski definition) is 9. The second kappa shape index (κ2) is 25.4. The Bertz CT molecular complexity index is 3530. The molecule has 470 valence electrons. The molecular weight excluding hydrogens is 1150 g/mol. The number of anilines is 2. The Hall–Kier alpha value is -7.13. The summed E-state index contributed by atoms with van der Waals surface area (Å²) < 4.78 is 27.4. The van der Waals surface area contributed by atoms with E-state index in [-0.39, 0.29) is 66.3 Å². The van der Waals surface area contributed by atoms with Gasteiger partial charge in [-0.15, -0.1) is 0 Å². The van der Waals surface area contributed by atoms with Gasteiger partial charge in [0.25, 0.3) is 5.91 Å². The van der Waals surface area contributed by atoms with Crippen LogP contribution in [-0.4, -0.2) is 166 Å². The van der Waals surface area contributed by atoms with E-state index in [2.05, 4.69) is 24.1 Å². The van der Waals surface area contributed by atoms with E-state index in [1.807, 2.05) is 65.0 Å². The summed E-state index contributed by atoms with van der Waals surface area (Å²) in [5, 5.41) is 80.7. The number of carboxylic acid groups (broad SMARTS) is 2. The van der Waals surface area contributed by atoms with Crippen molar-refractivity contribution in [2.45, 2.75) is 154 Å². The van der Waals surface area contributed by atoms with Crippen molar-refractivity contribution >= 4 is 56.4 Å². The number of unbranched alkanes of at least 4 members (excludes halogenated alkanes) is 1. The van der Waals surface area contributed by atoms with Crippen LogP contribution in [0.2, 0.25) is 0 Å². The summed E-state index contributed by atoms with van der Waals surface area (Å²) in [5.41, 5.74) is 10.9. The smallest absolute Gasteiger partial charge is 0.410 e. The predicted molar refractivity (Wildman–Crippen MR) is 324 cm³/mol. The molecule has 23 nitrogen and oxygen atoms in total. The first-order valence-electron chi connectivity index (χ1n) is 30.1. The molecule has 0 spiro atoms. The molecule has 5 heterocycles. The normalized spacial score (nSPS) is 26.6. The number of aromatic nitrogens is 4. The number of fused-ring (bicyclic) bond motifs is 2. The highest BCUT2D eigenvalue weighted by atomic mass is 32.1. The van der Waals surface area contributed by atoms with Gasteiger partial charge < -0.3 is 70.2 Å². The third kappa shape index (κ3) is 13.1. The number of aliphatic carboxylic acids is 1. The molecular formula is C64H78N8O15S. The Morgan fingerprint density at radius 2 is 1.68 bits per heavy atom. The van der Waals surface area contributed by atoms with Crippen molar-refractivity contribution in [2.75, 3.05) is 49.6 Å². The molecule has 3 aromatic heterocycles. The molecule has 88 heavy (non-hydrogen) atoms. The number of rotatable bonds is 24. The van der Waals surface area contributed by atoms with E-state index in [1.165, 1.54) is 16.2 Å². The maximum Gasteiger partial charge on any atom is 0.410 e. The standard InChI is InChI=1S/C64H78N8O15S/c1-37-44(42-16-17-49(68-50(42)56(79)80)71-21-18-39-10-8-11-43(45(39)27-71)55(78)69-59-67-46-12-4-5-13-48(46)88-59)26-66-72(37)36-63-31-61(2)30-62(3,32-63)34-64(33-61,35-63)85-24-23-70(22-19-41(74)28-73)60(83)84-29-40-15-14-38(9-6-7-20-65)25-47(40)86-58-53(77)51(75)52(76)54(87-58)57(81)82/h4-5,8,10-17,25-26,41,51-54,58,73-77H,6-7,9,18-24,27-36,65H2,1-3H3,(H,79,80)(H,81,82)(H,67,69,78)/t41-,51-,52-,53+,54-,58+,61?,62?,63?,64?/m0/s1. The topological polar surface area (TPSA) is 335 Å². The van der Waals surface area contributed by atoms with Crippen molar-refractivity contribution in [1.29, 1.82) is 0 Å². The van der Waals surface area contributed by atoms with Gasteiger partial charge in [0.1, 0.15) is 36.5 Å². The summed E-state index contributed by atoms with van der Waals surface area (Å²) in [6.45, 7) is 7.94. The van der Waals surface area contributed by atoms with Gasteiger partial charge in [-0.2, -0.15) is 5.10 Å². The van der Waals surface area contributed by atoms with E-state index < -0.39 is 67.0 Å². The third-order valence-electron chi connectivity index (χ3n) is 18.4. The molecule has 1 saturated heterocycles. The number of aryl methyl sites for hydroxylation is 1. The van der Waals surface area contributed by atoms with Gasteiger partial charge in [0.15, 0.2) is 16.9 Å². The number of ether oxygens (including phenoxy) is 4. The number of carboxylic acids is 2. The number of carbonyl (C=O) groups excluding carboxylic acids is 2. The number of para-hydroxylation sites is 1. The van der Waals surface area contributed by atoms with Crippen LogP contribution in [0.5, 0.6) is 5.75 Å². The lowest BCUT2D eigenvalue weighted by atomic mass is 9.39. The van der Waals surface area contributed by atoms with E-state index in [1.54, 1.807) is 30.5 Å². The number of benzene rings is 3. The Kier molecular flexibility index (Phi) is 18.0. The number of pyridine rings is 1. The van der Waals surface area contributed by atoms with Crippen LogP contribution < -0.4 is 20.7 Å². The molecule has 4 bridgehead atoms. The Balaban J connectivity index is 0.771. The summed E-state index contributed by atoms with van der Waals surface area (Å²) >= 11 is 1.41. The van der Waals surface area contributed by atoms with E-state index in [0.717, 1.165) is 84.0 Å². The lowest BCUT2D eigenvalue weighted by Crippen LogP contribution is -2.64. The molecule has 4 saturated carbocycles. The van der Waals surface area contributed by atoms with Crippen LogP contribution in [0.1, 0.15) is 120 Å². The minimum Gasteiger partial charge on any atom is -0.479 e. The molecule has 6 aromatic rings. The number of hydrogen-bond acceptors (Lipinski definition) is 19. The fourth-order valence-electron chi connectivity index (χ4n) is 15.4. The van der Waals surface area contributed by atoms with Gasteiger partial charge in [-0.05, 0) is 153 Å². The molecule has 4 aliphatic carbocycles. The maximum atomic E-state index is 14.1. The summed E-state index contributed by atoms with van der Waals surface area (Å²) in [5.74, 6) is -2.46. The van der Waals surface area contributed by atoms with Crippen LogP contribution in [0.15, 0.2) is 79.0 Å². The Morgan fingerprint density at radius 3 is 2.42 bits per heavy atom. The zero-order valence-electron chi connectivity index (χ0n) is 49.7. The number of aliphatic hydroxyl groups excluding tert-OH is 5. The minimum atomic E-state index is -1.93. The summed E-state index contributed by atoms with van der Waals surface area (Å²) in [6.07, 6.45) is -1.45. The molecule has 5 fully saturated rings. The van der Waals surface area contributed by atoms with Crippen LogP contribution >= 0.6 is 11.3 Å². The van der Waals surface area contributed by atoms with Crippen LogP contribution in [0.3, 0.4) is 0 Å². The van der Waals surface area contributed by atoms with Crippen molar-refractivity contribution < 1.29 is 73.9 Å². The molecule has 0 radical (unpaired) electrons. The molecule has 2 unspecified atom stereocenters. The monoisotopic (exact) mass is 1230 g/mol. The average molecular weight is 1230 g/mol. The van der Waals surface area contributed by atoms with Crippen LogP contribution in [-0.2, 0) is 51.5 Å². The van der Waals surface area contributed by atoms with Crippen molar-refractivity contribution in [1.82, 2.24) is 24.6 Å². The van der Waals surface area contributed by atoms with E-state index in [9.17, 15) is 54.9 Å². The zero-order chi connectivity index (χ0) is 62.3. The van der Waals surface area contributed by atoms with Gasteiger partial charge in [-0.25, -0.2) is 24.4 Å². The maximum absolute atomic E-state index is 14.1. The van der Waals surface area contributed by atoms with Gasteiger partial charge in [-0.1, -0.05) is 61.6 Å². The number of nitrogens with zero attached hydrogens (tertiary/aromatic N) is 6. The van der Waals surface area contributed by atoms with Crippen LogP contribution in [0.25, 0.3) is 21.3 Å². The molecule has 8 atom stereocenters. The fourth-order valence-corrected chi connectivity index (χ4v) is 16.3. The molecule has 24 heteroatoms. The second-order valence-corrected chi connectivity index (χ2v) is 26.7. The van der Waals surface area contributed by atoms with Crippen LogP contribution in [0, 0.1) is 23.2 Å². The first-order valence-corrected chi connectivity index (χ1v) is 31.0. The van der Waals surface area contributed by atoms with Gasteiger partial charge in [0.05, 0.1) is 41.3 Å². The Morgan fingerprint density at radius 1 is 0.898 bits per heavy atom. The Labute approximate surface area is 513 Å². The van der Waals surface area contributed by atoms with Gasteiger partial charge >= 0.3 is 18.0 Å². The number of aliphatic hydroxyl groups is 5. The number of nitrogens with two attached hydrogens (primary N) is 1. The van der Waals surface area contributed by atoms with Gasteiger partial charge in [0, 0.05) is 60.7 Å². The number of aromatic carboxylic acids is 1. The van der Waals surface area contributed by atoms with Crippen molar-refractivity contribution in [3.05, 3.63) is 118 Å². The fraction of sp³-hybridized carbons (Fsp3) is 0.516. The average Bonchev–Trinajstić information content (AvgIpc) is 0.796. The van der Waals surface area contributed by atoms with Crippen molar-refractivity contribution in [3.8, 4) is 16.9 Å². The molecule has 3 aromatic carbocycles. The number of thiazole rings is 1. The summed E-state index contributed by atoms with van der Waals surface area (Å²) in [6, 6.07) is 22.2. The van der Waals surface area contributed by atoms with Gasteiger partial charge in [-0.3, -0.25) is 14.8 Å². The SMILES string of the molecule is Cc1c(-c2ccc(N3CCc4cccc(C(=O)Nc5nc6ccccc6s5)c4C3)nc2C(=O)O)cnn1CC12CC3(C)CC(C)(C1)CC(OCCN(CC[C@H](O)CO)C(=O)OCc1ccc(CCCCN)cc1O[C@@H]1O[C@H](C(=O)O)[C@@H](O)[C@H](O)[C@H]1O)(C3)C2. The zero-order valence-corrected chi connectivity index (χ0v) is 50.5. The number of carbonyl (C=O) groups is 4. The molecule has 10 N–H and O–H groups in total. The number of amides is 2. The second-order valence-electron chi connectivity index (χ2n) is 25.6. The minimum absolute atomic E-state index is 0.0160. The van der Waals surface area contributed by atoms with Gasteiger partial charge in [0.2, 0.25) is 6.29 Å². The number of nitrogens with one attached hydrogen (secondary N) is 1. The van der Waals surface area contributed by atoms with E-state index in [4.69, 9.17) is 34.8 Å². The first kappa shape index (κ1) is 62.5. The summed E-state index contributed by atoms with van der Waals surface area (Å²) in [7, 11) is 0. The van der Waals surface area contributed by atoms with E-state index in [0.29, 0.717) is 72.2 Å². The lowest BCUT2D eigenvalue weighted by Gasteiger charge is -2.69. The molecule has 12 rings (SSSR count). The lowest BCUT2D eigenvalue weighted by molar-refractivity contribution is -0.271. The highest BCUT2D eigenvalue weighted by molar-refractivity contribution is 7.22. The highest BCUT2D eigenvalue weighted by Gasteiger charge is 2.66. The predicted octanol–water partition coefficient (Wildman–Crippen LogP) is 6.45. The largest absolute Gasteiger partial charge is 0.479 e. The summed E-state index contributed by atoms with van der Waals surface area (Å²) in [4.78, 5) is 65.8. The highest BCUT2D eigenvalue weighted by Crippen LogP contribution is 2.72. The molecule has 2 amide bonds. The quantitative estimate of drug-likeness (QED) is 0.0294. The molecule has 2 aliphatic heterocycles. The van der Waals surface area contributed by atoms with Crippen molar-refractivity contribution in [3.63, 3.8) is 0 Å². The third-order valence-corrected chi connectivity index (χ3v) is 19.4. The van der Waals surface area contributed by atoms with Crippen molar-refractivity contribution in [2.24, 2.45) is 22.0 Å². The van der Waals surface area contributed by atoms with E-state index >= 15 is 0 Å². The first-order chi connectivity index (χ1) is 42.1. The molecule has 6 aliphatic rings.